The molecule has 17 heavy (non-hydrogen) atoms. The summed E-state index contributed by atoms with van der Waals surface area (Å²) in [5.41, 5.74) is 0.644. The van der Waals surface area contributed by atoms with Gasteiger partial charge in [0.05, 0.1) is 11.3 Å². The number of anilines is 1. The van der Waals surface area contributed by atoms with Crippen LogP contribution in [0.1, 0.15) is 28.9 Å². The minimum atomic E-state index is -0.989. The molecule has 92 valence electrons. The van der Waals surface area contributed by atoms with Gasteiger partial charge in [-0.25, -0.2) is 14.8 Å². The van der Waals surface area contributed by atoms with Crippen LogP contribution in [0.3, 0.4) is 0 Å². The van der Waals surface area contributed by atoms with Crippen LogP contribution in [0.5, 0.6) is 0 Å². The van der Waals surface area contributed by atoms with Gasteiger partial charge in [0.2, 0.25) is 5.95 Å². The molecule has 1 aromatic rings. The van der Waals surface area contributed by atoms with Crippen LogP contribution in [-0.2, 0) is 0 Å². The van der Waals surface area contributed by atoms with Crippen LogP contribution in [0.2, 0.25) is 0 Å². The Morgan fingerprint density at radius 2 is 2.35 bits per heavy atom. The predicted octanol–water partition coefficient (Wildman–Crippen LogP) is 1.79. The van der Waals surface area contributed by atoms with E-state index in [1.54, 1.807) is 6.92 Å². The monoisotopic (exact) mass is 253 g/mol. The lowest BCUT2D eigenvalue weighted by Crippen LogP contribution is -2.19. The molecule has 0 radical (unpaired) electrons. The van der Waals surface area contributed by atoms with Gasteiger partial charge in [0, 0.05) is 17.5 Å². The van der Waals surface area contributed by atoms with Gasteiger partial charge in [-0.15, -0.1) is 0 Å². The molecule has 6 heteroatoms. The summed E-state index contributed by atoms with van der Waals surface area (Å²) in [6.07, 6.45) is 5.89. The molecule has 0 spiro atoms. The molecule has 1 heterocycles. The van der Waals surface area contributed by atoms with Crippen LogP contribution in [0.25, 0.3) is 0 Å². The number of carbonyl (C=O) groups is 1. The number of aromatic nitrogens is 2. The second-order valence-corrected chi connectivity index (χ2v) is 5.51. The van der Waals surface area contributed by atoms with Gasteiger partial charge in [0.1, 0.15) is 0 Å². The Morgan fingerprint density at radius 1 is 1.65 bits per heavy atom. The average Bonchev–Trinajstić information content (AvgIpc) is 3.07. The van der Waals surface area contributed by atoms with Crippen LogP contribution in [-0.4, -0.2) is 38.6 Å². The van der Waals surface area contributed by atoms with Crippen molar-refractivity contribution in [2.45, 2.75) is 24.5 Å². The molecule has 2 N–H and O–H groups in total. The highest BCUT2D eigenvalue weighted by atomic mass is 32.2. The van der Waals surface area contributed by atoms with Crippen molar-refractivity contribution < 1.29 is 9.90 Å². The molecule has 0 saturated heterocycles. The zero-order chi connectivity index (χ0) is 12.5. The Hall–Kier alpha value is -1.30. The molecule has 2 rings (SSSR count). The van der Waals surface area contributed by atoms with Gasteiger partial charge in [-0.2, -0.15) is 11.8 Å². The van der Waals surface area contributed by atoms with E-state index in [0.717, 1.165) is 6.54 Å². The van der Waals surface area contributed by atoms with Gasteiger partial charge in [0.25, 0.3) is 0 Å². The molecule has 5 nitrogen and oxygen atoms in total. The maximum absolute atomic E-state index is 10.8. The van der Waals surface area contributed by atoms with E-state index < -0.39 is 5.97 Å². The Morgan fingerprint density at radius 3 is 2.82 bits per heavy atom. The number of aromatic carboxylic acids is 1. The average molecular weight is 253 g/mol. The molecule has 1 saturated carbocycles. The zero-order valence-electron chi connectivity index (χ0n) is 9.86. The lowest BCUT2D eigenvalue weighted by molar-refractivity contribution is 0.0695. The summed E-state index contributed by atoms with van der Waals surface area (Å²) < 4.78 is 0.336. The summed E-state index contributed by atoms with van der Waals surface area (Å²) >= 11 is 1.86. The summed E-state index contributed by atoms with van der Waals surface area (Å²) in [4.78, 5) is 19.0. The zero-order valence-corrected chi connectivity index (χ0v) is 10.7. The van der Waals surface area contributed by atoms with E-state index in [-0.39, 0.29) is 5.56 Å². The van der Waals surface area contributed by atoms with Crippen LogP contribution in [0.15, 0.2) is 6.20 Å². The first-order valence-corrected chi connectivity index (χ1v) is 6.65. The highest BCUT2D eigenvalue weighted by molar-refractivity contribution is 8.00. The van der Waals surface area contributed by atoms with Gasteiger partial charge in [0.15, 0.2) is 0 Å². The lowest BCUT2D eigenvalue weighted by atomic mass is 10.2. The molecule has 1 fully saturated rings. The van der Waals surface area contributed by atoms with E-state index >= 15 is 0 Å². The molecule has 0 aliphatic heterocycles. The number of carboxylic acid groups (broad SMARTS) is 1. The van der Waals surface area contributed by atoms with E-state index in [1.807, 2.05) is 11.8 Å². The van der Waals surface area contributed by atoms with Crippen molar-refractivity contribution in [3.8, 4) is 0 Å². The van der Waals surface area contributed by atoms with E-state index in [0.29, 0.717) is 16.4 Å². The molecule has 1 aliphatic rings. The summed E-state index contributed by atoms with van der Waals surface area (Å²) in [5.74, 6) is -0.482. The van der Waals surface area contributed by atoms with Gasteiger partial charge in [-0.1, -0.05) is 0 Å². The number of nitrogens with zero attached hydrogens (tertiary/aromatic N) is 2. The number of thioether (sulfide) groups is 1. The second-order valence-electron chi connectivity index (χ2n) is 4.24. The fraction of sp³-hybridized carbons (Fsp3) is 0.545. The second kappa shape index (κ2) is 4.52. The Labute approximate surface area is 104 Å². The van der Waals surface area contributed by atoms with Crippen LogP contribution in [0.4, 0.5) is 5.95 Å². The number of aryl methyl sites for hydroxylation is 1. The summed E-state index contributed by atoms with van der Waals surface area (Å²) in [7, 11) is 0. The van der Waals surface area contributed by atoms with Gasteiger partial charge < -0.3 is 10.4 Å². The first-order valence-electron chi connectivity index (χ1n) is 5.42. The van der Waals surface area contributed by atoms with Gasteiger partial charge in [-0.3, -0.25) is 0 Å². The SMILES string of the molecule is CSC1(CNc2ncc(C(=O)O)c(C)n2)CC1. The first-order chi connectivity index (χ1) is 8.06. The van der Waals surface area contributed by atoms with Crippen LogP contribution >= 0.6 is 11.8 Å². The van der Waals surface area contributed by atoms with E-state index in [1.165, 1.54) is 19.0 Å². The standard InChI is InChI=1S/C11H15N3O2S/c1-7-8(9(15)16)5-12-10(14-7)13-6-11(17-2)3-4-11/h5H,3-4,6H2,1-2H3,(H,15,16)(H,12,13,14). The fourth-order valence-electron chi connectivity index (χ4n) is 1.59. The van der Waals surface area contributed by atoms with Gasteiger partial charge in [-0.05, 0) is 26.0 Å². The summed E-state index contributed by atoms with van der Waals surface area (Å²) in [6.45, 7) is 2.51. The maximum Gasteiger partial charge on any atom is 0.339 e. The number of hydrogen-bond donors (Lipinski definition) is 2. The molecule has 0 atom stereocenters. The number of carboxylic acids is 1. The molecule has 0 amide bonds. The normalized spacial score (nSPS) is 16.6. The molecule has 1 aliphatic carbocycles. The topological polar surface area (TPSA) is 75.1 Å². The van der Waals surface area contributed by atoms with E-state index in [4.69, 9.17) is 5.11 Å². The molecule has 0 aromatic carbocycles. The van der Waals surface area contributed by atoms with Crippen molar-refractivity contribution in [3.05, 3.63) is 17.5 Å². The van der Waals surface area contributed by atoms with Gasteiger partial charge >= 0.3 is 5.97 Å². The first kappa shape index (κ1) is 12.2. The van der Waals surface area contributed by atoms with Crippen LogP contribution < -0.4 is 5.32 Å². The highest BCUT2D eigenvalue weighted by Crippen LogP contribution is 2.46. The van der Waals surface area contributed by atoms with E-state index in [9.17, 15) is 4.79 Å². The third-order valence-electron chi connectivity index (χ3n) is 3.02. The van der Waals surface area contributed by atoms with Crippen molar-refractivity contribution in [2.24, 2.45) is 0 Å². The minimum absolute atomic E-state index is 0.154. The summed E-state index contributed by atoms with van der Waals surface area (Å²) in [6, 6.07) is 0. The molecule has 1 aromatic heterocycles. The van der Waals surface area contributed by atoms with Crippen molar-refractivity contribution >= 4 is 23.7 Å². The van der Waals surface area contributed by atoms with Crippen molar-refractivity contribution in [3.63, 3.8) is 0 Å². The molecular weight excluding hydrogens is 238 g/mol. The van der Waals surface area contributed by atoms with E-state index in [2.05, 4.69) is 21.5 Å². The number of nitrogens with one attached hydrogen (secondary N) is 1. The lowest BCUT2D eigenvalue weighted by Gasteiger charge is -2.13. The molecule has 0 unspecified atom stereocenters. The highest BCUT2D eigenvalue weighted by Gasteiger charge is 2.41. The Bertz CT molecular complexity index is 446. The molecule has 0 bridgehead atoms. The van der Waals surface area contributed by atoms with Crippen LogP contribution in [0, 0.1) is 6.92 Å². The van der Waals surface area contributed by atoms with Crippen molar-refractivity contribution in [2.75, 3.05) is 18.1 Å². The fourth-order valence-corrected chi connectivity index (χ4v) is 2.32. The molecular formula is C11H15N3O2S. The largest absolute Gasteiger partial charge is 0.478 e. The maximum atomic E-state index is 10.8. The number of rotatable bonds is 5. The Kier molecular flexibility index (Phi) is 3.24. The third kappa shape index (κ3) is 2.69. The smallest absolute Gasteiger partial charge is 0.339 e. The summed E-state index contributed by atoms with van der Waals surface area (Å²) in [5, 5.41) is 12.0. The quantitative estimate of drug-likeness (QED) is 0.833. The number of hydrogen-bond acceptors (Lipinski definition) is 5. The van der Waals surface area contributed by atoms with Crippen molar-refractivity contribution in [1.82, 2.24) is 9.97 Å². The predicted molar refractivity (Wildman–Crippen MR) is 67.7 cm³/mol. The Balaban J connectivity index is 2.03. The third-order valence-corrected chi connectivity index (χ3v) is 4.44. The minimum Gasteiger partial charge on any atom is -0.478 e. The van der Waals surface area contributed by atoms with Crippen molar-refractivity contribution in [1.29, 1.82) is 0 Å².